The second-order valence-corrected chi connectivity index (χ2v) is 8.32. The summed E-state index contributed by atoms with van der Waals surface area (Å²) in [6.45, 7) is 11.0. The third kappa shape index (κ3) is 6.70. The average molecular weight is 466 g/mol. The van der Waals surface area contributed by atoms with Gasteiger partial charge >= 0.3 is 5.97 Å². The van der Waals surface area contributed by atoms with Crippen LogP contribution in [0.3, 0.4) is 0 Å². The van der Waals surface area contributed by atoms with Crippen molar-refractivity contribution in [2.45, 2.75) is 66.3 Å². The van der Waals surface area contributed by atoms with Crippen LogP contribution in [-0.4, -0.2) is 36.4 Å². The normalized spacial score (nSPS) is 12.1. The van der Waals surface area contributed by atoms with Gasteiger partial charge < -0.3 is 18.9 Å². The molecule has 1 unspecified atom stereocenters. The van der Waals surface area contributed by atoms with E-state index in [-0.39, 0.29) is 12.1 Å². The molecule has 0 aliphatic carbocycles. The Labute approximate surface area is 202 Å². The van der Waals surface area contributed by atoms with E-state index in [9.17, 15) is 4.79 Å². The van der Waals surface area contributed by atoms with E-state index in [1.54, 1.807) is 6.92 Å². The maximum atomic E-state index is 12.1. The predicted molar refractivity (Wildman–Crippen MR) is 133 cm³/mol. The van der Waals surface area contributed by atoms with Crippen molar-refractivity contribution in [3.63, 3.8) is 0 Å². The second-order valence-electron chi connectivity index (χ2n) is 8.32. The van der Waals surface area contributed by atoms with Crippen molar-refractivity contribution in [3.05, 3.63) is 65.4 Å². The lowest BCUT2D eigenvalue weighted by molar-refractivity contribution is -0.156. The average Bonchev–Trinajstić information content (AvgIpc) is 2.83. The topological polar surface area (TPSA) is 66.9 Å². The number of aryl methyl sites for hydroxylation is 1. The third-order valence-corrected chi connectivity index (χ3v) is 5.37. The Morgan fingerprint density at radius 3 is 2.35 bits per heavy atom. The molecule has 0 saturated carbocycles. The molecule has 0 aliphatic heterocycles. The fraction of sp³-hybridized carbons (Fsp3) is 0.429. The number of aromatic nitrogens is 1. The number of carbonyl (C=O) groups is 1. The summed E-state index contributed by atoms with van der Waals surface area (Å²) in [5, 5.41) is 1.01. The SMILES string of the molecule is CCOC(=O)C(Cc1ccc(OCc2cnc3ccc(CC)cc3c2OC(C)C)cc1)OCC. The van der Waals surface area contributed by atoms with Gasteiger partial charge in [0.2, 0.25) is 0 Å². The monoisotopic (exact) mass is 465 g/mol. The van der Waals surface area contributed by atoms with Crippen molar-refractivity contribution in [1.82, 2.24) is 4.98 Å². The highest BCUT2D eigenvalue weighted by Crippen LogP contribution is 2.31. The summed E-state index contributed by atoms with van der Waals surface area (Å²) in [7, 11) is 0. The molecule has 3 rings (SSSR count). The van der Waals surface area contributed by atoms with Crippen LogP contribution < -0.4 is 9.47 Å². The van der Waals surface area contributed by atoms with Crippen molar-refractivity contribution < 1.29 is 23.7 Å². The Morgan fingerprint density at radius 2 is 1.71 bits per heavy atom. The van der Waals surface area contributed by atoms with Crippen LogP contribution in [0.5, 0.6) is 11.5 Å². The van der Waals surface area contributed by atoms with Gasteiger partial charge in [0, 0.05) is 24.6 Å². The van der Waals surface area contributed by atoms with E-state index in [1.807, 2.05) is 57.3 Å². The zero-order chi connectivity index (χ0) is 24.5. The summed E-state index contributed by atoms with van der Waals surface area (Å²) in [6, 6.07) is 14.0. The van der Waals surface area contributed by atoms with Gasteiger partial charge in [-0.2, -0.15) is 0 Å². The largest absolute Gasteiger partial charge is 0.490 e. The first-order valence-electron chi connectivity index (χ1n) is 12.0. The molecular formula is C28H35NO5. The number of hydrogen-bond acceptors (Lipinski definition) is 6. The Hall–Kier alpha value is -3.12. The molecule has 0 saturated heterocycles. The summed E-state index contributed by atoms with van der Waals surface area (Å²) in [6.07, 6.45) is 2.65. The molecule has 0 spiro atoms. The molecule has 0 N–H and O–H groups in total. The first-order valence-corrected chi connectivity index (χ1v) is 12.0. The first-order chi connectivity index (χ1) is 16.4. The molecule has 1 aromatic heterocycles. The minimum atomic E-state index is -0.607. The zero-order valence-electron chi connectivity index (χ0n) is 20.8. The summed E-state index contributed by atoms with van der Waals surface area (Å²) in [5.41, 5.74) is 4.02. The first kappa shape index (κ1) is 25.5. The maximum absolute atomic E-state index is 12.1. The van der Waals surface area contributed by atoms with Crippen molar-refractivity contribution in [2.24, 2.45) is 0 Å². The number of hydrogen-bond donors (Lipinski definition) is 0. The van der Waals surface area contributed by atoms with Gasteiger partial charge in [-0.3, -0.25) is 4.98 Å². The molecule has 0 radical (unpaired) electrons. The molecule has 6 nitrogen and oxygen atoms in total. The van der Waals surface area contributed by atoms with E-state index >= 15 is 0 Å². The second kappa shape index (κ2) is 12.4. The van der Waals surface area contributed by atoms with Crippen LogP contribution in [0, 0.1) is 0 Å². The molecule has 1 atom stereocenters. The molecular weight excluding hydrogens is 430 g/mol. The van der Waals surface area contributed by atoms with Gasteiger partial charge in [-0.05, 0) is 69.5 Å². The van der Waals surface area contributed by atoms with Gasteiger partial charge in [0.25, 0.3) is 0 Å². The van der Waals surface area contributed by atoms with Crippen LogP contribution in [0.2, 0.25) is 0 Å². The lowest BCUT2D eigenvalue weighted by Gasteiger charge is -2.18. The van der Waals surface area contributed by atoms with Crippen LogP contribution in [-0.2, 0) is 33.7 Å². The molecule has 182 valence electrons. The third-order valence-electron chi connectivity index (χ3n) is 5.37. The van der Waals surface area contributed by atoms with Crippen LogP contribution >= 0.6 is 0 Å². The fourth-order valence-electron chi connectivity index (χ4n) is 3.70. The van der Waals surface area contributed by atoms with Crippen molar-refractivity contribution in [3.8, 4) is 11.5 Å². The van der Waals surface area contributed by atoms with Gasteiger partial charge in [-0.15, -0.1) is 0 Å². The van der Waals surface area contributed by atoms with E-state index in [4.69, 9.17) is 18.9 Å². The Balaban J connectivity index is 1.74. The van der Waals surface area contributed by atoms with Crippen LogP contribution in [0.25, 0.3) is 10.9 Å². The van der Waals surface area contributed by atoms with Gasteiger partial charge in [-0.25, -0.2) is 4.79 Å². The van der Waals surface area contributed by atoms with Gasteiger partial charge in [0.05, 0.1) is 23.8 Å². The zero-order valence-corrected chi connectivity index (χ0v) is 20.8. The molecule has 3 aromatic rings. The molecule has 0 amide bonds. The Bertz CT molecular complexity index is 1080. The standard InChI is InChI=1S/C28H35NO5/c1-6-20-11-14-25-24(15-20)27(34-19(4)5)22(17-29-25)18-33-23-12-9-21(10-13-23)16-26(31-7-2)28(30)32-8-3/h9-15,17,19,26H,6-8,16,18H2,1-5H3. The number of esters is 1. The van der Waals surface area contributed by atoms with E-state index < -0.39 is 6.10 Å². The highest BCUT2D eigenvalue weighted by atomic mass is 16.6. The molecule has 0 bridgehead atoms. The predicted octanol–water partition coefficient (Wildman–Crippen LogP) is 5.67. The number of rotatable bonds is 12. The molecule has 2 aromatic carbocycles. The lowest BCUT2D eigenvalue weighted by atomic mass is 10.1. The van der Waals surface area contributed by atoms with E-state index in [1.165, 1.54) is 5.56 Å². The maximum Gasteiger partial charge on any atom is 0.335 e. The highest BCUT2D eigenvalue weighted by Gasteiger charge is 2.20. The lowest BCUT2D eigenvalue weighted by Crippen LogP contribution is -2.28. The molecule has 0 aliphatic rings. The van der Waals surface area contributed by atoms with Crippen LogP contribution in [0.4, 0.5) is 0 Å². The summed E-state index contributed by atoms with van der Waals surface area (Å²) in [5.74, 6) is 1.21. The summed E-state index contributed by atoms with van der Waals surface area (Å²) < 4.78 is 23.0. The van der Waals surface area contributed by atoms with Crippen LogP contribution in [0.1, 0.15) is 51.3 Å². The highest BCUT2D eigenvalue weighted by molar-refractivity contribution is 5.86. The van der Waals surface area contributed by atoms with Gasteiger partial charge in [0.15, 0.2) is 6.10 Å². The van der Waals surface area contributed by atoms with E-state index in [2.05, 4.69) is 24.0 Å². The van der Waals surface area contributed by atoms with Crippen molar-refractivity contribution >= 4 is 16.9 Å². The fourth-order valence-corrected chi connectivity index (χ4v) is 3.70. The van der Waals surface area contributed by atoms with Crippen LogP contribution in [0.15, 0.2) is 48.7 Å². The number of nitrogens with zero attached hydrogens (tertiary/aromatic N) is 1. The quantitative estimate of drug-likeness (QED) is 0.321. The molecule has 6 heteroatoms. The number of carbonyl (C=O) groups excluding carboxylic acids is 1. The number of fused-ring (bicyclic) bond motifs is 1. The van der Waals surface area contributed by atoms with Crippen molar-refractivity contribution in [2.75, 3.05) is 13.2 Å². The number of pyridine rings is 1. The van der Waals surface area contributed by atoms with Gasteiger partial charge in [-0.1, -0.05) is 25.1 Å². The Kier molecular flexibility index (Phi) is 9.28. The van der Waals surface area contributed by atoms with Gasteiger partial charge in [0.1, 0.15) is 18.1 Å². The minimum absolute atomic E-state index is 0.0339. The van der Waals surface area contributed by atoms with Crippen molar-refractivity contribution in [1.29, 1.82) is 0 Å². The summed E-state index contributed by atoms with van der Waals surface area (Å²) in [4.78, 5) is 16.7. The smallest absolute Gasteiger partial charge is 0.335 e. The van der Waals surface area contributed by atoms with E-state index in [0.717, 1.165) is 39.9 Å². The van der Waals surface area contributed by atoms with E-state index in [0.29, 0.717) is 26.2 Å². The summed E-state index contributed by atoms with van der Waals surface area (Å²) >= 11 is 0. The Morgan fingerprint density at radius 1 is 0.971 bits per heavy atom. The number of ether oxygens (including phenoxy) is 4. The minimum Gasteiger partial charge on any atom is -0.490 e. The number of benzene rings is 2. The molecule has 1 heterocycles. The molecule has 34 heavy (non-hydrogen) atoms. The molecule has 0 fully saturated rings.